The molecule has 0 bridgehead atoms. The molecule has 0 saturated carbocycles. The monoisotopic (exact) mass is 1020 g/mol. The maximum Gasteiger partial charge on any atom is 0.306 e. The van der Waals surface area contributed by atoms with E-state index in [0.717, 1.165) is 103 Å². The van der Waals surface area contributed by atoms with Crippen LogP contribution < -0.4 is 5.11 Å². The first kappa shape index (κ1) is 69.0. The largest absolute Gasteiger partial charge is 0.545 e. The lowest BCUT2D eigenvalue weighted by Crippen LogP contribution is -2.44. The zero-order valence-corrected chi connectivity index (χ0v) is 47.2. The van der Waals surface area contributed by atoms with Crippen molar-refractivity contribution in [2.75, 3.05) is 47.5 Å². The van der Waals surface area contributed by atoms with E-state index in [9.17, 15) is 19.5 Å². The van der Waals surface area contributed by atoms with Gasteiger partial charge >= 0.3 is 11.9 Å². The standard InChI is InChI=1S/C64H107NO8/c1-6-8-10-12-14-16-18-20-22-24-25-26-27-28-29-30-31-32-33-34-35-36-37-39-41-43-45-47-49-51-53-55-62(67)73-60(59-72-64(63(68)69)70-57-56-65(3,4)5)58-71-61(66)54-52-50-48-46-44-42-40-38-23-21-19-17-15-13-11-9-7-2/h8-11,14-17,20-23,25-26,28-29,40,42,60,64H,6-7,12-13,18-19,24,27,30-39,41,43-59H2,1-5H3/b10-8-,11-9-,16-14-,17-15-,22-20-,23-21-,26-25-,29-28-,42-40-. The van der Waals surface area contributed by atoms with Crippen molar-refractivity contribution in [1.82, 2.24) is 0 Å². The quantitative estimate of drug-likeness (QED) is 0.0195. The molecule has 9 nitrogen and oxygen atoms in total. The van der Waals surface area contributed by atoms with E-state index in [4.69, 9.17) is 18.9 Å². The number of carboxylic acid groups (broad SMARTS) is 1. The Morgan fingerprint density at radius 2 is 0.740 bits per heavy atom. The molecule has 0 aromatic heterocycles. The maximum atomic E-state index is 12.9. The Hall–Kier alpha value is -4.05. The number of hydrogen-bond donors (Lipinski definition) is 0. The summed E-state index contributed by atoms with van der Waals surface area (Å²) in [5, 5.41) is 11.8. The van der Waals surface area contributed by atoms with E-state index < -0.39 is 24.3 Å². The molecular weight excluding hydrogens is 911 g/mol. The summed E-state index contributed by atoms with van der Waals surface area (Å²) >= 11 is 0. The summed E-state index contributed by atoms with van der Waals surface area (Å²) in [6, 6.07) is 0. The predicted octanol–water partition coefficient (Wildman–Crippen LogP) is 15.8. The summed E-state index contributed by atoms with van der Waals surface area (Å²) in [5.74, 6) is -2.32. The van der Waals surface area contributed by atoms with Gasteiger partial charge in [0.25, 0.3) is 0 Å². The molecule has 9 heteroatoms. The van der Waals surface area contributed by atoms with Crippen molar-refractivity contribution in [2.45, 2.75) is 232 Å². The number of carboxylic acids is 1. The number of carbonyl (C=O) groups is 3. The van der Waals surface area contributed by atoms with Crippen LogP contribution in [0.25, 0.3) is 0 Å². The number of unbranched alkanes of at least 4 members (excludes halogenated alkanes) is 19. The molecule has 0 fully saturated rings. The molecule has 2 atom stereocenters. The summed E-state index contributed by atoms with van der Waals surface area (Å²) in [7, 11) is 5.91. The van der Waals surface area contributed by atoms with Gasteiger partial charge in [-0.25, -0.2) is 0 Å². The van der Waals surface area contributed by atoms with Gasteiger partial charge in [-0.1, -0.05) is 220 Å². The Balaban J connectivity index is 4.22. The molecule has 0 aliphatic heterocycles. The van der Waals surface area contributed by atoms with E-state index in [1.54, 1.807) is 0 Å². The maximum absolute atomic E-state index is 12.9. The van der Waals surface area contributed by atoms with Gasteiger partial charge in [-0.15, -0.1) is 0 Å². The Morgan fingerprint density at radius 3 is 1.10 bits per heavy atom. The number of nitrogens with zero attached hydrogens (tertiary/aromatic N) is 1. The third kappa shape index (κ3) is 55.5. The molecule has 0 aromatic carbocycles. The zero-order valence-electron chi connectivity index (χ0n) is 47.2. The molecule has 0 aliphatic carbocycles. The Kier molecular flexibility index (Phi) is 51.2. The van der Waals surface area contributed by atoms with Gasteiger partial charge < -0.3 is 33.3 Å². The first-order valence-electron chi connectivity index (χ1n) is 29.0. The van der Waals surface area contributed by atoms with Gasteiger partial charge in [0, 0.05) is 12.8 Å². The number of esters is 2. The van der Waals surface area contributed by atoms with Crippen molar-refractivity contribution in [3.05, 3.63) is 109 Å². The predicted molar refractivity (Wildman–Crippen MR) is 306 cm³/mol. The van der Waals surface area contributed by atoms with Gasteiger partial charge in [-0.05, 0) is 96.3 Å². The van der Waals surface area contributed by atoms with Crippen molar-refractivity contribution in [3.8, 4) is 0 Å². The first-order chi connectivity index (χ1) is 35.6. The van der Waals surface area contributed by atoms with E-state index in [-0.39, 0.29) is 38.6 Å². The van der Waals surface area contributed by atoms with Crippen LogP contribution in [0.4, 0.5) is 0 Å². The lowest BCUT2D eigenvalue weighted by molar-refractivity contribution is -0.870. The third-order valence-electron chi connectivity index (χ3n) is 12.0. The fraction of sp³-hybridized carbons (Fsp3) is 0.672. The Morgan fingerprint density at radius 1 is 0.411 bits per heavy atom. The number of aliphatic carboxylic acids is 1. The second kappa shape index (κ2) is 54.2. The van der Waals surface area contributed by atoms with E-state index >= 15 is 0 Å². The summed E-state index contributed by atoms with van der Waals surface area (Å²) in [5.41, 5.74) is 0. The Labute approximate surface area is 447 Å². The summed E-state index contributed by atoms with van der Waals surface area (Å²) < 4.78 is 22.7. The molecule has 0 aromatic rings. The summed E-state index contributed by atoms with van der Waals surface area (Å²) in [6.07, 6.45) is 71.4. The molecule has 0 heterocycles. The minimum absolute atomic E-state index is 0.139. The van der Waals surface area contributed by atoms with Crippen LogP contribution in [0.15, 0.2) is 109 Å². The van der Waals surface area contributed by atoms with Crippen molar-refractivity contribution < 1.29 is 42.9 Å². The van der Waals surface area contributed by atoms with Gasteiger partial charge in [0.15, 0.2) is 12.4 Å². The lowest BCUT2D eigenvalue weighted by atomic mass is 10.0. The number of hydrogen-bond acceptors (Lipinski definition) is 8. The van der Waals surface area contributed by atoms with Crippen LogP contribution in [0.2, 0.25) is 0 Å². The van der Waals surface area contributed by atoms with Crippen molar-refractivity contribution in [1.29, 1.82) is 0 Å². The van der Waals surface area contributed by atoms with Gasteiger partial charge in [0.2, 0.25) is 0 Å². The average Bonchev–Trinajstić information content (AvgIpc) is 3.36. The SMILES string of the molecule is CC/C=C\C/C=C\C/C=C\C/C=C\C/C=C\CCCCCCCCCCCCCCCCCC(=O)OC(COC(=O)CCCCCC/C=C\C/C=C\C/C=C\C/C=C\CC)COC(OCC[N+](C)(C)C)C(=O)[O-]. The molecule has 73 heavy (non-hydrogen) atoms. The number of quaternary nitrogens is 1. The first-order valence-corrected chi connectivity index (χ1v) is 29.0. The van der Waals surface area contributed by atoms with Crippen LogP contribution in [0.3, 0.4) is 0 Å². The lowest BCUT2D eigenvalue weighted by Gasteiger charge is -2.26. The van der Waals surface area contributed by atoms with Gasteiger partial charge in [0.1, 0.15) is 13.2 Å². The highest BCUT2D eigenvalue weighted by Crippen LogP contribution is 2.15. The van der Waals surface area contributed by atoms with Crippen molar-refractivity contribution in [2.24, 2.45) is 0 Å². The molecule has 0 saturated heterocycles. The second-order valence-corrected chi connectivity index (χ2v) is 20.2. The zero-order chi connectivity index (χ0) is 53.4. The number of likely N-dealkylation sites (N-methyl/N-ethyl adjacent to an activating group) is 1. The molecule has 416 valence electrons. The van der Waals surface area contributed by atoms with Crippen molar-refractivity contribution >= 4 is 17.9 Å². The van der Waals surface area contributed by atoms with Crippen LogP contribution in [0.1, 0.15) is 219 Å². The molecule has 0 aliphatic rings. The summed E-state index contributed by atoms with van der Waals surface area (Å²) in [4.78, 5) is 37.3. The minimum atomic E-state index is -1.63. The molecule has 0 spiro atoms. The number of allylic oxidation sites excluding steroid dienone is 18. The molecule has 0 amide bonds. The van der Waals surface area contributed by atoms with Crippen LogP contribution in [-0.2, 0) is 33.3 Å². The van der Waals surface area contributed by atoms with E-state index in [1.165, 1.54) is 77.0 Å². The topological polar surface area (TPSA) is 111 Å². The number of rotatable bonds is 52. The van der Waals surface area contributed by atoms with Gasteiger partial charge in [-0.2, -0.15) is 0 Å². The average molecular weight is 1020 g/mol. The molecule has 0 rings (SSSR count). The van der Waals surface area contributed by atoms with E-state index in [2.05, 4.69) is 123 Å². The summed E-state index contributed by atoms with van der Waals surface area (Å²) in [6.45, 7) is 4.48. The van der Waals surface area contributed by atoms with Crippen molar-refractivity contribution in [3.63, 3.8) is 0 Å². The van der Waals surface area contributed by atoms with E-state index in [0.29, 0.717) is 23.9 Å². The third-order valence-corrected chi connectivity index (χ3v) is 12.0. The van der Waals surface area contributed by atoms with Gasteiger partial charge in [-0.3, -0.25) is 9.59 Å². The molecular formula is C64H107NO8. The minimum Gasteiger partial charge on any atom is -0.545 e. The highest BCUT2D eigenvalue weighted by molar-refractivity contribution is 5.70. The number of ether oxygens (including phenoxy) is 4. The van der Waals surface area contributed by atoms with Crippen LogP contribution in [-0.4, -0.2) is 82.3 Å². The second-order valence-electron chi connectivity index (χ2n) is 20.2. The highest BCUT2D eigenvalue weighted by Gasteiger charge is 2.22. The fourth-order valence-electron chi connectivity index (χ4n) is 7.61. The van der Waals surface area contributed by atoms with Crippen LogP contribution in [0.5, 0.6) is 0 Å². The van der Waals surface area contributed by atoms with Crippen LogP contribution in [0, 0.1) is 0 Å². The molecule has 2 unspecified atom stereocenters. The van der Waals surface area contributed by atoms with Gasteiger partial charge in [0.05, 0.1) is 40.3 Å². The fourth-order valence-corrected chi connectivity index (χ4v) is 7.61. The smallest absolute Gasteiger partial charge is 0.306 e. The normalized spacial score (nSPS) is 13.6. The highest BCUT2D eigenvalue weighted by atomic mass is 16.7. The molecule has 0 N–H and O–H groups in total. The molecule has 0 radical (unpaired) electrons. The number of carbonyl (C=O) groups excluding carboxylic acids is 3. The Bertz CT molecular complexity index is 1560. The van der Waals surface area contributed by atoms with E-state index in [1.807, 2.05) is 21.1 Å². The van der Waals surface area contributed by atoms with Crippen LogP contribution >= 0.6 is 0 Å².